The van der Waals surface area contributed by atoms with E-state index in [9.17, 15) is 4.79 Å². The molecule has 0 saturated carbocycles. The molecule has 6 heteroatoms. The van der Waals surface area contributed by atoms with Crippen LogP contribution in [-0.2, 0) is 24.3 Å². The summed E-state index contributed by atoms with van der Waals surface area (Å²) in [6.45, 7) is 6.10. The lowest BCUT2D eigenvalue weighted by Crippen LogP contribution is -2.36. The minimum Gasteiger partial charge on any atom is -0.357 e. The van der Waals surface area contributed by atoms with Crippen LogP contribution in [0, 0.1) is 13.8 Å². The number of carbonyl (C=O) groups is 1. The molecule has 0 bridgehead atoms. The van der Waals surface area contributed by atoms with E-state index >= 15 is 0 Å². The van der Waals surface area contributed by atoms with Gasteiger partial charge in [0, 0.05) is 59.3 Å². The van der Waals surface area contributed by atoms with Gasteiger partial charge in [-0.15, -0.1) is 0 Å². The van der Waals surface area contributed by atoms with Crippen LogP contribution < -0.4 is 0 Å². The third-order valence-electron chi connectivity index (χ3n) is 4.95. The van der Waals surface area contributed by atoms with E-state index in [2.05, 4.69) is 32.1 Å². The normalized spacial score (nSPS) is 14.1. The van der Waals surface area contributed by atoms with Gasteiger partial charge in [0.2, 0.25) is 5.91 Å². The molecule has 0 unspecified atom stereocenters. The molecule has 1 aliphatic heterocycles. The average Bonchev–Trinajstić information content (AvgIpc) is 3.12. The third-order valence-corrected chi connectivity index (χ3v) is 5.61. The van der Waals surface area contributed by atoms with Gasteiger partial charge in [-0.3, -0.25) is 9.48 Å². The Labute approximate surface area is 155 Å². The number of carbonyl (C=O) groups excluding carboxylic acids is 1. The highest BCUT2D eigenvalue weighted by Gasteiger charge is 2.24. The van der Waals surface area contributed by atoms with E-state index in [1.54, 1.807) is 0 Å². The molecule has 3 aromatic rings. The number of aryl methyl sites for hydroxylation is 3. The van der Waals surface area contributed by atoms with Crippen molar-refractivity contribution in [3.05, 3.63) is 51.4 Å². The zero-order valence-corrected chi connectivity index (χ0v) is 16.1. The highest BCUT2D eigenvalue weighted by Crippen LogP contribution is 2.31. The quantitative estimate of drug-likeness (QED) is 0.728. The summed E-state index contributed by atoms with van der Waals surface area (Å²) < 4.78 is 2.99. The molecule has 0 atom stereocenters. The lowest BCUT2D eigenvalue weighted by Gasteiger charge is -2.27. The molecule has 0 spiro atoms. The monoisotopic (exact) mass is 400 g/mol. The number of halogens is 1. The van der Waals surface area contributed by atoms with Crippen LogP contribution in [0.1, 0.15) is 29.1 Å². The highest BCUT2D eigenvalue weighted by atomic mass is 79.9. The fourth-order valence-corrected chi connectivity index (χ4v) is 4.14. The van der Waals surface area contributed by atoms with Gasteiger partial charge < -0.3 is 9.88 Å². The van der Waals surface area contributed by atoms with Crippen LogP contribution in [0.3, 0.4) is 0 Å². The summed E-state index contributed by atoms with van der Waals surface area (Å²) in [6, 6.07) is 8.26. The van der Waals surface area contributed by atoms with Crippen molar-refractivity contribution in [2.45, 2.75) is 39.8 Å². The van der Waals surface area contributed by atoms with Gasteiger partial charge in [0.15, 0.2) is 0 Å². The van der Waals surface area contributed by atoms with Crippen LogP contribution in [-0.4, -0.2) is 32.1 Å². The van der Waals surface area contributed by atoms with Gasteiger partial charge in [-0.1, -0.05) is 12.1 Å². The number of benzene rings is 1. The van der Waals surface area contributed by atoms with E-state index < -0.39 is 0 Å². The predicted octanol–water partition coefficient (Wildman–Crippen LogP) is 3.72. The van der Waals surface area contributed by atoms with Crippen LogP contribution in [0.15, 0.2) is 28.7 Å². The van der Waals surface area contributed by atoms with Gasteiger partial charge in [0.05, 0.1) is 11.2 Å². The Bertz CT molecular complexity index is 956. The third kappa shape index (κ3) is 2.99. The number of aromatic amines is 1. The molecule has 2 aromatic heterocycles. The van der Waals surface area contributed by atoms with Crippen molar-refractivity contribution in [2.24, 2.45) is 0 Å². The van der Waals surface area contributed by atoms with Crippen LogP contribution in [0.25, 0.3) is 10.9 Å². The summed E-state index contributed by atoms with van der Waals surface area (Å²) in [5.41, 5.74) is 5.74. The number of fused-ring (bicyclic) bond motifs is 3. The maximum Gasteiger partial charge on any atom is 0.224 e. The van der Waals surface area contributed by atoms with E-state index in [1.165, 1.54) is 16.6 Å². The number of amides is 1. The SMILES string of the molecule is Cc1cc(C)n(CCC(=O)N2CCc3[nH]c4c(Br)cccc4c3C2)n1. The first-order valence-electron chi connectivity index (χ1n) is 8.59. The molecule has 3 heterocycles. The van der Waals surface area contributed by atoms with Gasteiger partial charge in [-0.05, 0) is 41.9 Å². The molecule has 4 rings (SSSR count). The number of nitrogens with one attached hydrogen (secondary N) is 1. The molecular weight excluding hydrogens is 380 g/mol. The molecule has 1 N–H and O–H groups in total. The first-order valence-corrected chi connectivity index (χ1v) is 9.39. The van der Waals surface area contributed by atoms with Crippen molar-refractivity contribution in [1.82, 2.24) is 19.7 Å². The van der Waals surface area contributed by atoms with E-state index in [0.717, 1.165) is 34.3 Å². The predicted molar refractivity (Wildman–Crippen MR) is 101 cm³/mol. The summed E-state index contributed by atoms with van der Waals surface area (Å²) in [7, 11) is 0. The van der Waals surface area contributed by atoms with Crippen molar-refractivity contribution in [1.29, 1.82) is 0 Å². The Kier molecular flexibility index (Phi) is 4.15. The fraction of sp³-hybridized carbons (Fsp3) is 0.368. The lowest BCUT2D eigenvalue weighted by molar-refractivity contribution is -0.132. The second kappa shape index (κ2) is 6.33. The Morgan fingerprint density at radius 3 is 2.96 bits per heavy atom. The first-order chi connectivity index (χ1) is 12.0. The Balaban J connectivity index is 1.50. The van der Waals surface area contributed by atoms with Crippen LogP contribution in [0.2, 0.25) is 0 Å². The van der Waals surface area contributed by atoms with E-state index in [0.29, 0.717) is 19.5 Å². The molecule has 1 aromatic carbocycles. The number of hydrogen-bond donors (Lipinski definition) is 1. The summed E-state index contributed by atoms with van der Waals surface area (Å²) >= 11 is 3.61. The highest BCUT2D eigenvalue weighted by molar-refractivity contribution is 9.10. The Morgan fingerprint density at radius 1 is 1.36 bits per heavy atom. The van der Waals surface area contributed by atoms with Crippen LogP contribution in [0.5, 0.6) is 0 Å². The minimum absolute atomic E-state index is 0.197. The van der Waals surface area contributed by atoms with Gasteiger partial charge in [0.25, 0.3) is 0 Å². The van der Waals surface area contributed by atoms with Crippen molar-refractivity contribution in [2.75, 3.05) is 6.54 Å². The lowest BCUT2D eigenvalue weighted by atomic mass is 10.0. The smallest absolute Gasteiger partial charge is 0.224 e. The van der Waals surface area contributed by atoms with Crippen molar-refractivity contribution in [3.63, 3.8) is 0 Å². The zero-order chi connectivity index (χ0) is 17.6. The molecule has 5 nitrogen and oxygen atoms in total. The molecule has 0 aliphatic carbocycles. The second-order valence-corrected chi connectivity index (χ2v) is 7.56. The second-order valence-electron chi connectivity index (χ2n) is 6.71. The molecule has 0 radical (unpaired) electrons. The molecule has 25 heavy (non-hydrogen) atoms. The molecule has 130 valence electrons. The molecule has 1 amide bonds. The Hall–Kier alpha value is -2.08. The topological polar surface area (TPSA) is 53.9 Å². The minimum atomic E-state index is 0.197. The van der Waals surface area contributed by atoms with E-state index in [4.69, 9.17) is 0 Å². The molecule has 0 saturated heterocycles. The fourth-order valence-electron chi connectivity index (χ4n) is 3.68. The number of aromatic nitrogens is 3. The summed E-state index contributed by atoms with van der Waals surface area (Å²) in [5, 5.41) is 5.65. The number of H-pyrrole nitrogens is 1. The van der Waals surface area contributed by atoms with Gasteiger partial charge >= 0.3 is 0 Å². The molecular formula is C19H21BrN4O. The standard InChI is InChI=1S/C19H21BrN4O/c1-12-10-13(2)24(22-12)9-7-18(25)23-8-6-17-15(11-23)14-4-3-5-16(20)19(14)21-17/h3-5,10,21H,6-9,11H2,1-2H3. The first kappa shape index (κ1) is 16.4. The average molecular weight is 401 g/mol. The number of para-hydroxylation sites is 1. The number of rotatable bonds is 3. The molecule has 0 fully saturated rings. The molecule has 1 aliphatic rings. The van der Waals surface area contributed by atoms with Crippen molar-refractivity contribution in [3.8, 4) is 0 Å². The maximum absolute atomic E-state index is 12.7. The van der Waals surface area contributed by atoms with Crippen molar-refractivity contribution >= 4 is 32.7 Å². The van der Waals surface area contributed by atoms with Crippen molar-refractivity contribution < 1.29 is 4.79 Å². The zero-order valence-electron chi connectivity index (χ0n) is 14.5. The Morgan fingerprint density at radius 2 is 2.20 bits per heavy atom. The summed E-state index contributed by atoms with van der Waals surface area (Å²) in [6.07, 6.45) is 1.37. The summed E-state index contributed by atoms with van der Waals surface area (Å²) in [5.74, 6) is 0.197. The van der Waals surface area contributed by atoms with Crippen LogP contribution in [0.4, 0.5) is 0 Å². The summed E-state index contributed by atoms with van der Waals surface area (Å²) in [4.78, 5) is 18.2. The number of nitrogens with zero attached hydrogens (tertiary/aromatic N) is 3. The van der Waals surface area contributed by atoms with Gasteiger partial charge in [-0.25, -0.2) is 0 Å². The van der Waals surface area contributed by atoms with E-state index in [1.807, 2.05) is 41.6 Å². The van der Waals surface area contributed by atoms with Gasteiger partial charge in [-0.2, -0.15) is 5.10 Å². The maximum atomic E-state index is 12.7. The van der Waals surface area contributed by atoms with E-state index in [-0.39, 0.29) is 5.91 Å². The van der Waals surface area contributed by atoms with Gasteiger partial charge in [0.1, 0.15) is 0 Å². The van der Waals surface area contributed by atoms with Crippen LogP contribution >= 0.6 is 15.9 Å². The number of hydrogen-bond acceptors (Lipinski definition) is 2. The largest absolute Gasteiger partial charge is 0.357 e.